The Morgan fingerprint density at radius 1 is 0.754 bits per heavy atom. The highest BCUT2D eigenvalue weighted by Gasteiger charge is 2.34. The molecule has 7 amide bonds. The third-order valence-electron chi connectivity index (χ3n) is 11.1. The Morgan fingerprint density at radius 3 is 2.12 bits per heavy atom. The number of aromatic hydroxyl groups is 1. The zero-order valence-electron chi connectivity index (χ0n) is 40.8. The molecule has 0 aromatic heterocycles. The fraction of sp³-hybridized carbons (Fsp3) is 0.500. The fourth-order valence-electron chi connectivity index (χ4n) is 7.51. The molecule has 19 nitrogen and oxygen atoms in total. The SMILES string of the molecule is CCC(=O)NCCNC(=O)/N=C(/N)NCCC[C@@H](NC(=O)[C@H](c1cccc(N(C)CCCNC(=O)CCCCCNC(=O)OC(C)(C)C)c1)N1Cc2ccccc2C1)C(=O)NCc1ccc(O)cc1. The molecular formula is C50H73N11O8. The van der Waals surface area contributed by atoms with Gasteiger partial charge in [0.2, 0.25) is 23.6 Å². The molecule has 4 rings (SSSR count). The van der Waals surface area contributed by atoms with E-state index in [1.807, 2.05) is 64.2 Å². The third-order valence-corrected chi connectivity index (χ3v) is 11.1. The monoisotopic (exact) mass is 956 g/mol. The van der Waals surface area contributed by atoms with Crippen LogP contribution in [0.25, 0.3) is 0 Å². The summed E-state index contributed by atoms with van der Waals surface area (Å²) < 4.78 is 5.25. The van der Waals surface area contributed by atoms with E-state index in [9.17, 15) is 33.9 Å². The van der Waals surface area contributed by atoms with Crippen molar-refractivity contribution in [2.24, 2.45) is 10.7 Å². The summed E-state index contributed by atoms with van der Waals surface area (Å²) in [5.41, 5.74) is 10.1. The summed E-state index contributed by atoms with van der Waals surface area (Å²) in [4.78, 5) is 84.6. The van der Waals surface area contributed by atoms with Crippen molar-refractivity contribution in [2.45, 2.75) is 116 Å². The standard InChI is InChI=1S/C50H73N11O8/c1-6-42(63)53-28-29-55-48(67)59-47(51)54-26-13-19-41(45(65)57-32-35-21-23-40(62)24-22-35)58-46(66)44(61-33-37-15-9-10-16-38(37)34-61)36-17-12-18-39(31-36)60(5)30-14-27-52-43(64)20-8-7-11-25-56-49(68)69-50(2,3)4/h9-10,12,15-18,21-24,31,41,44,62H,6-8,11,13-14,19-20,25-30,32-34H2,1-5H3,(H,52,64)(H,53,63)(H,56,68)(H,57,65)(H,58,66)(H4,51,54,55,59,67)/t41-,44+/m1/s1. The van der Waals surface area contributed by atoms with E-state index in [-0.39, 0.29) is 62.0 Å². The van der Waals surface area contributed by atoms with Crippen LogP contribution in [0.15, 0.2) is 77.8 Å². The van der Waals surface area contributed by atoms with Crippen LogP contribution in [0.2, 0.25) is 0 Å². The number of benzene rings is 3. The summed E-state index contributed by atoms with van der Waals surface area (Å²) in [7, 11) is 1.97. The first-order chi connectivity index (χ1) is 33.0. The Kier molecular flexibility index (Phi) is 22.6. The summed E-state index contributed by atoms with van der Waals surface area (Å²) in [6.07, 6.45) is 3.84. The lowest BCUT2D eigenvalue weighted by Gasteiger charge is -2.30. The number of carbonyl (C=O) groups is 6. The van der Waals surface area contributed by atoms with Gasteiger partial charge >= 0.3 is 12.1 Å². The second kappa shape index (κ2) is 28.4. The lowest BCUT2D eigenvalue weighted by molar-refractivity contribution is -0.132. The number of aliphatic imine (C=N–C) groups is 1. The molecule has 0 aliphatic carbocycles. The molecule has 0 radical (unpaired) electrons. The lowest BCUT2D eigenvalue weighted by atomic mass is 10.0. The van der Waals surface area contributed by atoms with Crippen molar-refractivity contribution in [3.05, 3.63) is 95.1 Å². The second-order valence-electron chi connectivity index (χ2n) is 18.0. The van der Waals surface area contributed by atoms with Gasteiger partial charge in [0.05, 0.1) is 0 Å². The first-order valence-corrected chi connectivity index (χ1v) is 23.8. The maximum atomic E-state index is 14.7. The number of ether oxygens (including phenoxy) is 1. The minimum atomic E-state index is -0.953. The van der Waals surface area contributed by atoms with Gasteiger partial charge in [-0.15, -0.1) is 0 Å². The lowest BCUT2D eigenvalue weighted by Crippen LogP contribution is -2.50. The van der Waals surface area contributed by atoms with Crippen molar-refractivity contribution in [1.82, 2.24) is 42.1 Å². The number of hydrogen-bond donors (Lipinski definition) is 9. The molecule has 0 spiro atoms. The molecule has 69 heavy (non-hydrogen) atoms. The number of nitrogens with one attached hydrogen (secondary N) is 7. The van der Waals surface area contributed by atoms with Crippen molar-refractivity contribution in [1.29, 1.82) is 0 Å². The van der Waals surface area contributed by atoms with Gasteiger partial charge in [-0.3, -0.25) is 24.1 Å². The van der Waals surface area contributed by atoms with Crippen LogP contribution in [0.4, 0.5) is 15.3 Å². The van der Waals surface area contributed by atoms with Gasteiger partial charge in [-0.05, 0) is 99.4 Å². The first-order valence-electron chi connectivity index (χ1n) is 23.8. The molecule has 1 heterocycles. The summed E-state index contributed by atoms with van der Waals surface area (Å²) in [5, 5.41) is 29.6. The molecule has 10 N–H and O–H groups in total. The number of phenols is 1. The Morgan fingerprint density at radius 2 is 1.42 bits per heavy atom. The Balaban J connectivity index is 1.38. The summed E-state index contributed by atoms with van der Waals surface area (Å²) in [6.45, 7) is 10.7. The fourth-order valence-corrected chi connectivity index (χ4v) is 7.51. The smallest absolute Gasteiger partial charge is 0.407 e. The maximum absolute atomic E-state index is 14.7. The van der Waals surface area contributed by atoms with Crippen LogP contribution in [0, 0.1) is 0 Å². The molecule has 376 valence electrons. The van der Waals surface area contributed by atoms with Crippen LogP contribution in [0.5, 0.6) is 5.75 Å². The van der Waals surface area contributed by atoms with E-state index in [4.69, 9.17) is 10.5 Å². The largest absolute Gasteiger partial charge is 0.508 e. The summed E-state index contributed by atoms with van der Waals surface area (Å²) >= 11 is 0. The molecule has 0 fully saturated rings. The molecule has 1 aliphatic rings. The van der Waals surface area contributed by atoms with Gasteiger partial charge in [-0.1, -0.05) is 61.9 Å². The average molecular weight is 956 g/mol. The van der Waals surface area contributed by atoms with E-state index in [0.717, 1.165) is 40.8 Å². The zero-order chi connectivity index (χ0) is 50.2. The first kappa shape index (κ1) is 54.7. The van der Waals surface area contributed by atoms with Crippen molar-refractivity contribution >= 4 is 47.4 Å². The number of guanidine groups is 1. The predicted molar refractivity (Wildman–Crippen MR) is 266 cm³/mol. The van der Waals surface area contributed by atoms with Crippen molar-refractivity contribution in [3.8, 4) is 5.75 Å². The number of carbonyl (C=O) groups excluding carboxylic acids is 6. The molecule has 2 atom stereocenters. The van der Waals surface area contributed by atoms with Crippen LogP contribution in [-0.2, 0) is 43.5 Å². The highest BCUT2D eigenvalue weighted by atomic mass is 16.6. The Labute approximate surface area is 406 Å². The minimum absolute atomic E-state index is 0.0195. The predicted octanol–water partition coefficient (Wildman–Crippen LogP) is 4.20. The molecule has 1 aliphatic heterocycles. The van der Waals surface area contributed by atoms with Crippen molar-refractivity contribution in [3.63, 3.8) is 0 Å². The number of alkyl carbamates (subject to hydrolysis) is 1. The van der Waals surface area contributed by atoms with E-state index >= 15 is 0 Å². The molecular weight excluding hydrogens is 883 g/mol. The number of fused-ring (bicyclic) bond motifs is 1. The Bertz CT molecular complexity index is 2150. The van der Waals surface area contributed by atoms with Crippen molar-refractivity contribution < 1.29 is 38.6 Å². The average Bonchev–Trinajstić information content (AvgIpc) is 3.74. The van der Waals surface area contributed by atoms with Crippen molar-refractivity contribution in [2.75, 3.05) is 51.2 Å². The second-order valence-corrected chi connectivity index (χ2v) is 18.0. The number of nitrogens with two attached hydrogens (primary N) is 1. The molecule has 0 saturated carbocycles. The zero-order valence-corrected chi connectivity index (χ0v) is 40.8. The molecule has 3 aromatic rings. The molecule has 0 saturated heterocycles. The number of unbranched alkanes of at least 4 members (excludes halogenated alkanes) is 2. The van der Waals surface area contributed by atoms with E-state index in [1.54, 1.807) is 19.1 Å². The number of amides is 7. The summed E-state index contributed by atoms with van der Waals surface area (Å²) in [6, 6.07) is 20.0. The number of rotatable bonds is 26. The number of urea groups is 1. The van der Waals surface area contributed by atoms with Crippen LogP contribution >= 0.6 is 0 Å². The van der Waals surface area contributed by atoms with E-state index < -0.39 is 35.7 Å². The Hall–Kier alpha value is -6.89. The van der Waals surface area contributed by atoms with Gasteiger partial charge < -0.3 is 57.7 Å². The van der Waals surface area contributed by atoms with Crippen LogP contribution in [0.1, 0.15) is 107 Å². The topological polar surface area (TPSA) is 261 Å². The molecule has 0 bridgehead atoms. The van der Waals surface area contributed by atoms with Gasteiger partial charge in [-0.25, -0.2) is 9.59 Å². The van der Waals surface area contributed by atoms with E-state index in [0.29, 0.717) is 64.8 Å². The minimum Gasteiger partial charge on any atom is -0.508 e. The highest BCUT2D eigenvalue weighted by Crippen LogP contribution is 2.33. The maximum Gasteiger partial charge on any atom is 0.407 e. The number of nitrogens with zero attached hydrogens (tertiary/aromatic N) is 3. The highest BCUT2D eigenvalue weighted by molar-refractivity contribution is 5.92. The van der Waals surface area contributed by atoms with Crippen LogP contribution < -0.4 is 47.9 Å². The van der Waals surface area contributed by atoms with Gasteiger partial charge in [0.1, 0.15) is 23.4 Å². The quantitative estimate of drug-likeness (QED) is 0.0312. The number of hydrogen-bond acceptors (Lipinski definition) is 10. The van der Waals surface area contributed by atoms with Gasteiger partial charge in [-0.2, -0.15) is 4.99 Å². The van der Waals surface area contributed by atoms with Gasteiger partial charge in [0.25, 0.3) is 0 Å². The third kappa shape index (κ3) is 20.5. The molecule has 3 aromatic carbocycles. The normalized spacial score (nSPS) is 13.3. The summed E-state index contributed by atoms with van der Waals surface area (Å²) in [5.74, 6) is -0.925. The van der Waals surface area contributed by atoms with E-state index in [2.05, 4.69) is 64.1 Å². The van der Waals surface area contributed by atoms with Crippen LogP contribution in [0.3, 0.4) is 0 Å². The van der Waals surface area contributed by atoms with E-state index in [1.165, 1.54) is 12.1 Å². The van der Waals surface area contributed by atoms with Gasteiger partial charge in [0.15, 0.2) is 5.96 Å². The molecule has 0 unspecified atom stereocenters. The van der Waals surface area contributed by atoms with Gasteiger partial charge in [0, 0.05) is 84.5 Å². The number of anilines is 1. The van der Waals surface area contributed by atoms with Crippen LogP contribution in [-0.4, -0.2) is 110 Å². The number of phenolic OH excluding ortho intramolecular Hbond substituents is 1. The molecule has 19 heteroatoms.